The molecule has 0 atom stereocenters. The summed E-state index contributed by atoms with van der Waals surface area (Å²) in [5.41, 5.74) is 8.32. The van der Waals surface area contributed by atoms with Crippen LogP contribution in [0, 0.1) is 0 Å². The normalized spacial score (nSPS) is 10.5. The van der Waals surface area contributed by atoms with Gasteiger partial charge in [-0.1, -0.05) is 5.21 Å². The van der Waals surface area contributed by atoms with Crippen LogP contribution in [0.4, 0.5) is 0 Å². The summed E-state index contributed by atoms with van der Waals surface area (Å²) in [7, 11) is 3.25. The van der Waals surface area contributed by atoms with E-state index in [9.17, 15) is 0 Å². The van der Waals surface area contributed by atoms with Crippen molar-refractivity contribution in [1.29, 1.82) is 0 Å². The molecule has 6 nitrogen and oxygen atoms in total. The van der Waals surface area contributed by atoms with Crippen LogP contribution in [0.5, 0.6) is 11.5 Å². The number of nitrogens with zero attached hydrogens (tertiary/aromatic N) is 3. The van der Waals surface area contributed by atoms with Gasteiger partial charge in [0, 0.05) is 24.7 Å². The number of nitrogens with two attached hydrogens (primary N) is 1. The largest absolute Gasteiger partial charge is 0.497 e. The molecule has 0 radical (unpaired) electrons. The van der Waals surface area contributed by atoms with Gasteiger partial charge in [-0.05, 0) is 19.1 Å². The molecule has 6 heteroatoms. The molecular formula is C13H18N4O2. The third-order valence-electron chi connectivity index (χ3n) is 2.92. The molecule has 0 amide bonds. The van der Waals surface area contributed by atoms with Gasteiger partial charge in [-0.15, -0.1) is 5.10 Å². The SMILES string of the molecule is CCn1nnc(CN)c1-c1cc(OC)cc(OC)c1. The highest BCUT2D eigenvalue weighted by molar-refractivity contribution is 5.66. The van der Waals surface area contributed by atoms with Crippen LogP contribution in [-0.2, 0) is 13.1 Å². The van der Waals surface area contributed by atoms with E-state index in [0.717, 1.165) is 35.0 Å². The van der Waals surface area contributed by atoms with E-state index in [-0.39, 0.29) is 0 Å². The van der Waals surface area contributed by atoms with Crippen LogP contribution in [0.1, 0.15) is 12.6 Å². The first kappa shape index (κ1) is 13.4. The molecule has 102 valence electrons. The minimum absolute atomic E-state index is 0.342. The fourth-order valence-corrected chi connectivity index (χ4v) is 1.97. The van der Waals surface area contributed by atoms with Gasteiger partial charge in [0.1, 0.15) is 17.2 Å². The van der Waals surface area contributed by atoms with Crippen molar-refractivity contribution in [3.05, 3.63) is 23.9 Å². The number of aromatic nitrogens is 3. The summed E-state index contributed by atoms with van der Waals surface area (Å²) in [5, 5.41) is 8.20. The Hall–Kier alpha value is -2.08. The smallest absolute Gasteiger partial charge is 0.123 e. The van der Waals surface area contributed by atoms with Gasteiger partial charge in [0.05, 0.1) is 19.9 Å². The Bertz CT molecular complexity index is 522. The first-order chi connectivity index (χ1) is 9.23. The summed E-state index contributed by atoms with van der Waals surface area (Å²) >= 11 is 0. The molecule has 0 aliphatic heterocycles. The molecule has 0 fully saturated rings. The highest BCUT2D eigenvalue weighted by Crippen LogP contribution is 2.30. The van der Waals surface area contributed by atoms with Crippen molar-refractivity contribution in [2.75, 3.05) is 14.2 Å². The van der Waals surface area contributed by atoms with Crippen molar-refractivity contribution in [3.63, 3.8) is 0 Å². The van der Waals surface area contributed by atoms with Crippen molar-refractivity contribution in [1.82, 2.24) is 15.0 Å². The Balaban J connectivity index is 2.60. The van der Waals surface area contributed by atoms with E-state index in [4.69, 9.17) is 15.2 Å². The van der Waals surface area contributed by atoms with E-state index in [1.807, 2.05) is 29.8 Å². The molecule has 19 heavy (non-hydrogen) atoms. The van der Waals surface area contributed by atoms with E-state index in [2.05, 4.69) is 10.3 Å². The molecule has 0 saturated heterocycles. The summed E-state index contributed by atoms with van der Waals surface area (Å²) in [6.45, 7) is 3.08. The molecule has 0 aliphatic rings. The van der Waals surface area contributed by atoms with Gasteiger partial charge in [0.2, 0.25) is 0 Å². The van der Waals surface area contributed by atoms with E-state index in [1.165, 1.54) is 0 Å². The lowest BCUT2D eigenvalue weighted by molar-refractivity contribution is 0.394. The van der Waals surface area contributed by atoms with Gasteiger partial charge in [-0.2, -0.15) is 0 Å². The average Bonchev–Trinajstić information content (AvgIpc) is 2.89. The monoisotopic (exact) mass is 262 g/mol. The van der Waals surface area contributed by atoms with E-state index in [0.29, 0.717) is 6.54 Å². The lowest BCUT2D eigenvalue weighted by Crippen LogP contribution is -2.03. The van der Waals surface area contributed by atoms with Gasteiger partial charge in [-0.25, -0.2) is 4.68 Å². The molecule has 1 aromatic heterocycles. The molecule has 0 spiro atoms. The van der Waals surface area contributed by atoms with Crippen molar-refractivity contribution >= 4 is 0 Å². The summed E-state index contributed by atoms with van der Waals surface area (Å²) in [6, 6.07) is 5.67. The number of ether oxygens (including phenoxy) is 2. The number of aryl methyl sites for hydroxylation is 1. The molecule has 2 N–H and O–H groups in total. The summed E-state index contributed by atoms with van der Waals surface area (Å²) < 4.78 is 12.4. The Morgan fingerprint density at radius 1 is 1.16 bits per heavy atom. The Kier molecular flexibility index (Phi) is 4.01. The first-order valence-electron chi connectivity index (χ1n) is 6.09. The Labute approximate surface area is 112 Å². The predicted molar refractivity (Wildman–Crippen MR) is 72.1 cm³/mol. The van der Waals surface area contributed by atoms with Gasteiger partial charge >= 0.3 is 0 Å². The summed E-state index contributed by atoms with van der Waals surface area (Å²) in [4.78, 5) is 0. The minimum Gasteiger partial charge on any atom is -0.497 e. The van der Waals surface area contributed by atoms with Crippen molar-refractivity contribution < 1.29 is 9.47 Å². The van der Waals surface area contributed by atoms with Crippen molar-refractivity contribution in [2.24, 2.45) is 5.73 Å². The van der Waals surface area contributed by atoms with Gasteiger partial charge in [0.15, 0.2) is 0 Å². The van der Waals surface area contributed by atoms with E-state index >= 15 is 0 Å². The molecular weight excluding hydrogens is 244 g/mol. The fourth-order valence-electron chi connectivity index (χ4n) is 1.97. The molecule has 0 saturated carbocycles. The van der Waals surface area contributed by atoms with E-state index in [1.54, 1.807) is 14.2 Å². The predicted octanol–water partition coefficient (Wildman–Crippen LogP) is 1.44. The highest BCUT2D eigenvalue weighted by atomic mass is 16.5. The average molecular weight is 262 g/mol. The number of hydrogen-bond donors (Lipinski definition) is 1. The van der Waals surface area contributed by atoms with Gasteiger partial charge in [-0.3, -0.25) is 0 Å². The lowest BCUT2D eigenvalue weighted by Gasteiger charge is -2.10. The maximum Gasteiger partial charge on any atom is 0.123 e. The zero-order valence-corrected chi connectivity index (χ0v) is 11.4. The fraction of sp³-hybridized carbons (Fsp3) is 0.385. The maximum atomic E-state index is 5.72. The molecule has 0 aliphatic carbocycles. The van der Waals surface area contributed by atoms with Crippen LogP contribution in [0.2, 0.25) is 0 Å². The third kappa shape index (κ3) is 2.53. The van der Waals surface area contributed by atoms with Crippen molar-refractivity contribution in [2.45, 2.75) is 20.0 Å². The number of methoxy groups -OCH3 is 2. The third-order valence-corrected chi connectivity index (χ3v) is 2.92. The molecule has 2 aromatic rings. The van der Waals surface area contributed by atoms with Crippen LogP contribution in [0.3, 0.4) is 0 Å². The highest BCUT2D eigenvalue weighted by Gasteiger charge is 2.15. The zero-order valence-electron chi connectivity index (χ0n) is 11.4. The molecule has 0 bridgehead atoms. The lowest BCUT2D eigenvalue weighted by atomic mass is 10.1. The maximum absolute atomic E-state index is 5.72. The summed E-state index contributed by atoms with van der Waals surface area (Å²) in [6.07, 6.45) is 0. The topological polar surface area (TPSA) is 75.2 Å². The molecule has 2 rings (SSSR count). The van der Waals surface area contributed by atoms with Crippen LogP contribution in [-0.4, -0.2) is 29.2 Å². The van der Waals surface area contributed by atoms with Crippen LogP contribution in [0.15, 0.2) is 18.2 Å². The quantitative estimate of drug-likeness (QED) is 0.882. The Morgan fingerprint density at radius 3 is 2.26 bits per heavy atom. The second kappa shape index (κ2) is 5.71. The number of hydrogen-bond acceptors (Lipinski definition) is 5. The zero-order chi connectivity index (χ0) is 13.8. The second-order valence-corrected chi connectivity index (χ2v) is 4.01. The first-order valence-corrected chi connectivity index (χ1v) is 6.09. The van der Waals surface area contributed by atoms with E-state index < -0.39 is 0 Å². The van der Waals surface area contributed by atoms with Crippen molar-refractivity contribution in [3.8, 4) is 22.8 Å². The molecule has 1 heterocycles. The van der Waals surface area contributed by atoms with Crippen LogP contribution in [0.25, 0.3) is 11.3 Å². The number of benzene rings is 1. The second-order valence-electron chi connectivity index (χ2n) is 4.01. The standard InChI is InChI=1S/C13H18N4O2/c1-4-17-13(12(8-14)15-16-17)9-5-10(18-2)7-11(6-9)19-3/h5-7H,4,8,14H2,1-3H3. The van der Waals surface area contributed by atoms with Crippen LogP contribution >= 0.6 is 0 Å². The molecule has 1 aromatic carbocycles. The molecule has 0 unspecified atom stereocenters. The van der Waals surface area contributed by atoms with Gasteiger partial charge < -0.3 is 15.2 Å². The van der Waals surface area contributed by atoms with Gasteiger partial charge in [0.25, 0.3) is 0 Å². The summed E-state index contributed by atoms with van der Waals surface area (Å²) in [5.74, 6) is 1.45. The number of rotatable bonds is 5. The van der Waals surface area contributed by atoms with Crippen LogP contribution < -0.4 is 15.2 Å². The minimum atomic E-state index is 0.342. The Morgan fingerprint density at radius 2 is 1.79 bits per heavy atom.